The van der Waals surface area contributed by atoms with Crippen molar-refractivity contribution in [3.8, 4) is 10.6 Å². The van der Waals surface area contributed by atoms with E-state index in [-0.39, 0.29) is 22.5 Å². The van der Waals surface area contributed by atoms with Crippen molar-refractivity contribution in [2.24, 2.45) is 0 Å². The van der Waals surface area contributed by atoms with Crippen molar-refractivity contribution in [2.45, 2.75) is 12.5 Å². The molecule has 0 bridgehead atoms. The number of nitrogens with zero attached hydrogens (tertiary/aromatic N) is 3. The van der Waals surface area contributed by atoms with Crippen molar-refractivity contribution in [1.82, 2.24) is 9.78 Å². The summed E-state index contributed by atoms with van der Waals surface area (Å²) < 4.78 is 24.6. The molecule has 1 saturated heterocycles. The fraction of sp³-hybridized carbons (Fsp3) is 0.364. The van der Waals surface area contributed by atoms with Gasteiger partial charge in [0.1, 0.15) is 11.5 Å². The van der Waals surface area contributed by atoms with Crippen LogP contribution in [0.1, 0.15) is 12.5 Å². The van der Waals surface area contributed by atoms with Crippen molar-refractivity contribution in [3.63, 3.8) is 0 Å². The molecule has 1 aliphatic heterocycles. The molecule has 1 fully saturated rings. The van der Waals surface area contributed by atoms with E-state index in [1.54, 1.807) is 12.1 Å². The number of hydrogen-bond donors (Lipinski definition) is 1. The largest absolute Gasteiger partial charge is 0.384 e. The zero-order chi connectivity index (χ0) is 15.2. The number of thiophene rings is 1. The van der Waals surface area contributed by atoms with Crippen molar-refractivity contribution in [3.05, 3.63) is 28.3 Å². The number of aromatic nitrogens is 2. The number of rotatable bonds is 3. The Balaban J connectivity index is 1.92. The molecule has 1 unspecified atom stereocenters. The van der Waals surface area contributed by atoms with Gasteiger partial charge in [-0.25, -0.2) is 13.1 Å². The third-order valence-corrected chi connectivity index (χ3v) is 6.15. The van der Waals surface area contributed by atoms with Crippen LogP contribution in [0.15, 0.2) is 18.2 Å². The monoisotopic (exact) mass is 328 g/mol. The highest BCUT2D eigenvalue weighted by Gasteiger charge is 2.31. The summed E-state index contributed by atoms with van der Waals surface area (Å²) in [6.07, 6.45) is 0.484. The predicted molar refractivity (Wildman–Crippen MR) is 78.9 cm³/mol. The molecule has 0 aromatic carbocycles. The van der Waals surface area contributed by atoms with E-state index in [4.69, 9.17) is 5.73 Å². The van der Waals surface area contributed by atoms with Crippen LogP contribution < -0.4 is 5.73 Å². The van der Waals surface area contributed by atoms with E-state index >= 15 is 0 Å². The first kappa shape index (κ1) is 14.0. The molecular weight excluding hydrogens is 316 g/mol. The fourth-order valence-electron chi connectivity index (χ4n) is 2.35. The van der Waals surface area contributed by atoms with E-state index in [0.717, 1.165) is 11.3 Å². The number of hydrogen-bond acceptors (Lipinski definition) is 7. The predicted octanol–water partition coefficient (Wildman–Crippen LogP) is 1.46. The molecule has 8 nitrogen and oxygen atoms in total. The molecule has 2 aromatic rings. The van der Waals surface area contributed by atoms with E-state index in [1.165, 1.54) is 10.7 Å². The fourth-order valence-corrected chi connectivity index (χ4v) is 4.82. The molecule has 3 rings (SSSR count). The molecule has 1 aliphatic rings. The highest BCUT2D eigenvalue weighted by atomic mass is 32.2. The molecule has 0 aliphatic carbocycles. The van der Waals surface area contributed by atoms with Crippen molar-refractivity contribution < 1.29 is 13.3 Å². The number of nitrogen functional groups attached to an aromatic ring is 1. The minimum Gasteiger partial charge on any atom is -0.384 e. The van der Waals surface area contributed by atoms with Crippen LogP contribution in [-0.4, -0.2) is 34.6 Å². The molecule has 112 valence electrons. The summed E-state index contributed by atoms with van der Waals surface area (Å²) in [4.78, 5) is 10.9. The summed E-state index contributed by atoms with van der Waals surface area (Å²) in [7, 11) is -3.03. The Morgan fingerprint density at radius 3 is 2.81 bits per heavy atom. The Morgan fingerprint density at radius 1 is 1.48 bits per heavy atom. The van der Waals surface area contributed by atoms with Crippen LogP contribution in [0.25, 0.3) is 10.6 Å². The van der Waals surface area contributed by atoms with Gasteiger partial charge in [0.05, 0.1) is 27.3 Å². The van der Waals surface area contributed by atoms with Crippen molar-refractivity contribution in [2.75, 3.05) is 17.2 Å². The average Bonchev–Trinajstić information content (AvgIpc) is 3.06. The standard InChI is InChI=1S/C11H12N4O4S2/c12-10-5-8(9-1-2-11(20-9)15(16)17)13-14(10)7-3-4-21(18,19)6-7/h1-2,5,7H,3-4,6,12H2. The minimum atomic E-state index is -3.03. The van der Waals surface area contributed by atoms with Gasteiger partial charge >= 0.3 is 5.00 Å². The second kappa shape index (κ2) is 4.81. The van der Waals surface area contributed by atoms with E-state index < -0.39 is 14.8 Å². The Kier molecular flexibility index (Phi) is 3.21. The summed E-state index contributed by atoms with van der Waals surface area (Å²) in [6.45, 7) is 0. The SMILES string of the molecule is Nc1cc(-c2ccc([N+](=O)[O-])s2)nn1C1CCS(=O)(=O)C1. The molecular formula is C11H12N4O4S2. The number of sulfone groups is 1. The van der Waals surface area contributed by atoms with Gasteiger partial charge in [0.15, 0.2) is 9.84 Å². The molecule has 10 heteroatoms. The Labute approximate surface area is 124 Å². The van der Waals surface area contributed by atoms with Gasteiger partial charge in [0.25, 0.3) is 0 Å². The Hall–Kier alpha value is -1.94. The van der Waals surface area contributed by atoms with Crippen molar-refractivity contribution in [1.29, 1.82) is 0 Å². The molecule has 0 radical (unpaired) electrons. The zero-order valence-electron chi connectivity index (χ0n) is 10.8. The summed E-state index contributed by atoms with van der Waals surface area (Å²) in [5.74, 6) is 0.530. The first-order valence-corrected chi connectivity index (χ1v) is 8.79. The minimum absolute atomic E-state index is 0.0292. The van der Waals surface area contributed by atoms with Crippen LogP contribution in [0.2, 0.25) is 0 Å². The van der Waals surface area contributed by atoms with E-state index in [0.29, 0.717) is 22.8 Å². The third-order valence-electron chi connectivity index (χ3n) is 3.34. The highest BCUT2D eigenvalue weighted by Crippen LogP contribution is 2.34. The van der Waals surface area contributed by atoms with E-state index in [1.807, 2.05) is 0 Å². The summed E-state index contributed by atoms with van der Waals surface area (Å²) in [5.41, 5.74) is 6.41. The van der Waals surface area contributed by atoms with Crippen molar-refractivity contribution >= 4 is 32.0 Å². The first-order chi connectivity index (χ1) is 9.85. The number of anilines is 1. The van der Waals surface area contributed by atoms with Crippen LogP contribution in [0.4, 0.5) is 10.8 Å². The van der Waals surface area contributed by atoms with Crippen LogP contribution in [0.5, 0.6) is 0 Å². The topological polar surface area (TPSA) is 121 Å². The van der Waals surface area contributed by atoms with Gasteiger partial charge in [0, 0.05) is 12.1 Å². The van der Waals surface area contributed by atoms with Gasteiger partial charge < -0.3 is 5.73 Å². The lowest BCUT2D eigenvalue weighted by Crippen LogP contribution is -2.14. The number of nitrogens with two attached hydrogens (primary N) is 1. The maximum absolute atomic E-state index is 11.5. The third kappa shape index (κ3) is 2.63. The van der Waals surface area contributed by atoms with Gasteiger partial charge in [-0.05, 0) is 12.5 Å². The molecule has 2 aromatic heterocycles. The van der Waals surface area contributed by atoms with Gasteiger partial charge in [-0.2, -0.15) is 5.10 Å². The van der Waals surface area contributed by atoms with Crippen LogP contribution >= 0.6 is 11.3 Å². The van der Waals surface area contributed by atoms with Crippen LogP contribution in [0, 0.1) is 10.1 Å². The zero-order valence-corrected chi connectivity index (χ0v) is 12.4. The maximum atomic E-state index is 11.5. The lowest BCUT2D eigenvalue weighted by atomic mass is 10.3. The van der Waals surface area contributed by atoms with E-state index in [2.05, 4.69) is 5.10 Å². The quantitative estimate of drug-likeness (QED) is 0.672. The van der Waals surface area contributed by atoms with Crippen LogP contribution in [0.3, 0.4) is 0 Å². The highest BCUT2D eigenvalue weighted by molar-refractivity contribution is 7.91. The molecule has 2 N–H and O–H groups in total. The molecule has 1 atom stereocenters. The first-order valence-electron chi connectivity index (χ1n) is 6.16. The molecule has 0 saturated carbocycles. The molecule has 0 amide bonds. The average molecular weight is 328 g/mol. The molecule has 3 heterocycles. The van der Waals surface area contributed by atoms with E-state index in [9.17, 15) is 18.5 Å². The smallest absolute Gasteiger partial charge is 0.324 e. The Bertz CT molecular complexity index is 808. The second-order valence-corrected chi connectivity index (χ2v) is 8.14. The summed E-state index contributed by atoms with van der Waals surface area (Å²) in [5, 5.41) is 15.0. The normalized spacial score (nSPS) is 20.7. The van der Waals surface area contributed by atoms with Gasteiger partial charge in [-0.15, -0.1) is 0 Å². The Morgan fingerprint density at radius 2 is 2.24 bits per heavy atom. The maximum Gasteiger partial charge on any atom is 0.324 e. The lowest BCUT2D eigenvalue weighted by Gasteiger charge is -2.09. The molecule has 0 spiro atoms. The van der Waals surface area contributed by atoms with Gasteiger partial charge in [-0.3, -0.25) is 10.1 Å². The van der Waals surface area contributed by atoms with Gasteiger partial charge in [-0.1, -0.05) is 11.3 Å². The molecule has 21 heavy (non-hydrogen) atoms. The lowest BCUT2D eigenvalue weighted by molar-refractivity contribution is -0.380. The van der Waals surface area contributed by atoms with Gasteiger partial charge in [0.2, 0.25) is 0 Å². The summed E-state index contributed by atoms with van der Waals surface area (Å²) in [6, 6.07) is 4.37. The van der Waals surface area contributed by atoms with Crippen LogP contribution in [-0.2, 0) is 9.84 Å². The second-order valence-electron chi connectivity index (χ2n) is 4.85. The summed E-state index contributed by atoms with van der Waals surface area (Å²) >= 11 is 1.01. The number of nitro groups is 1.